The molecule has 0 spiro atoms. The van der Waals surface area contributed by atoms with Crippen LogP contribution >= 0.6 is 0 Å². The molecule has 0 heterocycles. The lowest BCUT2D eigenvalue weighted by Gasteiger charge is -2.22. The molecule has 3 rings (SSSR count). The third-order valence-electron chi connectivity index (χ3n) is 4.57. The molecule has 28 heavy (non-hydrogen) atoms. The molecule has 3 aromatic carbocycles. The molecule has 4 N–H and O–H groups in total. The van der Waals surface area contributed by atoms with Crippen molar-refractivity contribution in [3.05, 3.63) is 84.9 Å². The van der Waals surface area contributed by atoms with Gasteiger partial charge in [-0.15, -0.1) is 0 Å². The van der Waals surface area contributed by atoms with Crippen LogP contribution in [0.4, 0.5) is 0 Å². The largest absolute Gasteiger partial charge is 0.426 e. The van der Waals surface area contributed by atoms with E-state index in [1.807, 2.05) is 48.5 Å². The molecular formula is C22H26B2N2O2. The van der Waals surface area contributed by atoms with Crippen LogP contribution in [-0.2, 0) is 9.31 Å². The maximum Gasteiger partial charge on any atom is 0.361 e. The van der Waals surface area contributed by atoms with Crippen molar-refractivity contribution in [3.8, 4) is 0 Å². The lowest BCUT2D eigenvalue weighted by atomic mass is 9.45. The molecule has 0 bridgehead atoms. The van der Waals surface area contributed by atoms with Gasteiger partial charge in [-0.2, -0.15) is 0 Å². The van der Waals surface area contributed by atoms with Gasteiger partial charge in [-0.25, -0.2) is 0 Å². The van der Waals surface area contributed by atoms with E-state index in [1.165, 1.54) is 0 Å². The summed E-state index contributed by atoms with van der Waals surface area (Å²) in [5, 5.41) is 0. The van der Waals surface area contributed by atoms with E-state index in [2.05, 4.69) is 36.4 Å². The highest BCUT2D eigenvalue weighted by atomic mass is 16.4. The van der Waals surface area contributed by atoms with Gasteiger partial charge < -0.3 is 20.8 Å². The van der Waals surface area contributed by atoms with Crippen molar-refractivity contribution >= 4 is 35.7 Å². The number of hydrogen-bond donors (Lipinski definition) is 2. The summed E-state index contributed by atoms with van der Waals surface area (Å²) < 4.78 is 12.4. The van der Waals surface area contributed by atoms with Crippen molar-refractivity contribution in [2.75, 3.05) is 26.3 Å². The SMILES string of the molecule is NCCOB(c1ccccc1)c1ccccc1B(OCCN)c1ccccc1. The van der Waals surface area contributed by atoms with Gasteiger partial charge in [0.1, 0.15) is 0 Å². The number of hydrogen-bond acceptors (Lipinski definition) is 4. The fourth-order valence-corrected chi connectivity index (χ4v) is 3.35. The number of nitrogens with two attached hydrogens (primary N) is 2. The summed E-state index contributed by atoms with van der Waals surface area (Å²) in [6.45, 7) is 1.47. The second-order valence-electron chi connectivity index (χ2n) is 6.53. The van der Waals surface area contributed by atoms with Crippen LogP contribution in [0.1, 0.15) is 0 Å². The van der Waals surface area contributed by atoms with Crippen LogP contribution in [0.15, 0.2) is 84.9 Å². The molecule has 0 radical (unpaired) electrons. The van der Waals surface area contributed by atoms with Gasteiger partial charge in [-0.05, 0) is 21.9 Å². The van der Waals surface area contributed by atoms with Crippen molar-refractivity contribution in [3.63, 3.8) is 0 Å². The van der Waals surface area contributed by atoms with Crippen LogP contribution in [-0.4, -0.2) is 40.1 Å². The second kappa shape index (κ2) is 10.8. The molecular weight excluding hydrogens is 346 g/mol. The minimum Gasteiger partial charge on any atom is -0.426 e. The summed E-state index contributed by atoms with van der Waals surface area (Å²) >= 11 is 0. The first-order valence-electron chi connectivity index (χ1n) is 9.67. The average Bonchev–Trinajstić information content (AvgIpc) is 2.77. The first-order chi connectivity index (χ1) is 13.8. The van der Waals surface area contributed by atoms with Crippen molar-refractivity contribution in [1.29, 1.82) is 0 Å². The smallest absolute Gasteiger partial charge is 0.361 e. The molecule has 0 unspecified atom stereocenters. The topological polar surface area (TPSA) is 70.5 Å². The van der Waals surface area contributed by atoms with E-state index < -0.39 is 0 Å². The molecule has 0 amide bonds. The standard InChI is InChI=1S/C22H26B2N2O2/c25-15-17-27-23(19-9-3-1-4-10-19)21-13-7-8-14-22(21)24(28-18-16-26)20-11-5-2-6-12-20/h1-14H,15-18,25-26H2. The summed E-state index contributed by atoms with van der Waals surface area (Å²) in [6.07, 6.45) is 0. The Hall–Kier alpha value is -2.37. The lowest BCUT2D eigenvalue weighted by molar-refractivity contribution is 0.342. The molecule has 6 heteroatoms. The first kappa shape index (κ1) is 20.4. The predicted octanol–water partition coefficient (Wildman–Crippen LogP) is -0.151. The molecule has 4 nitrogen and oxygen atoms in total. The van der Waals surface area contributed by atoms with E-state index in [9.17, 15) is 0 Å². The van der Waals surface area contributed by atoms with Gasteiger partial charge in [-0.3, -0.25) is 0 Å². The predicted molar refractivity (Wildman–Crippen MR) is 119 cm³/mol. The van der Waals surface area contributed by atoms with Crippen molar-refractivity contribution in [2.45, 2.75) is 0 Å². The van der Waals surface area contributed by atoms with Crippen LogP contribution in [0.2, 0.25) is 0 Å². The Labute approximate surface area is 168 Å². The molecule has 0 saturated carbocycles. The van der Waals surface area contributed by atoms with E-state index >= 15 is 0 Å². The van der Waals surface area contributed by atoms with Crippen LogP contribution in [0.25, 0.3) is 0 Å². The maximum atomic E-state index is 6.19. The van der Waals surface area contributed by atoms with Crippen molar-refractivity contribution in [2.24, 2.45) is 11.5 Å². The van der Waals surface area contributed by atoms with Crippen molar-refractivity contribution in [1.82, 2.24) is 0 Å². The van der Waals surface area contributed by atoms with E-state index in [-0.39, 0.29) is 13.8 Å². The van der Waals surface area contributed by atoms with Crippen LogP contribution in [0.3, 0.4) is 0 Å². The molecule has 0 aromatic heterocycles. The van der Waals surface area contributed by atoms with Crippen molar-refractivity contribution < 1.29 is 9.31 Å². The van der Waals surface area contributed by atoms with E-state index in [1.54, 1.807) is 0 Å². The Bertz CT molecular complexity index is 764. The maximum absolute atomic E-state index is 6.19. The molecule has 0 aliphatic rings. The molecule has 0 aliphatic carbocycles. The molecule has 0 fully saturated rings. The molecule has 3 aromatic rings. The third-order valence-corrected chi connectivity index (χ3v) is 4.57. The van der Waals surface area contributed by atoms with Gasteiger partial charge >= 0.3 is 13.8 Å². The summed E-state index contributed by atoms with van der Waals surface area (Å²) in [4.78, 5) is 0. The van der Waals surface area contributed by atoms with Gasteiger partial charge in [0.2, 0.25) is 0 Å². The van der Waals surface area contributed by atoms with Crippen LogP contribution < -0.4 is 33.3 Å². The lowest BCUT2D eigenvalue weighted by Crippen LogP contribution is -2.59. The highest BCUT2D eigenvalue weighted by molar-refractivity contribution is 6.90. The summed E-state index contributed by atoms with van der Waals surface area (Å²) in [7, 11) is 0. The fraction of sp³-hybridized carbons (Fsp3) is 0.182. The van der Waals surface area contributed by atoms with Gasteiger partial charge in [0.05, 0.1) is 0 Å². The zero-order chi connectivity index (χ0) is 19.6. The summed E-state index contributed by atoms with van der Waals surface area (Å²) in [5.74, 6) is 0. The molecule has 0 aliphatic heterocycles. The van der Waals surface area contributed by atoms with Crippen LogP contribution in [0, 0.1) is 0 Å². The Morgan fingerprint density at radius 2 is 0.893 bits per heavy atom. The first-order valence-corrected chi connectivity index (χ1v) is 9.67. The molecule has 0 atom stereocenters. The Morgan fingerprint density at radius 1 is 0.536 bits per heavy atom. The normalized spacial score (nSPS) is 10.6. The number of rotatable bonds is 10. The quantitative estimate of drug-likeness (QED) is 0.486. The highest BCUT2D eigenvalue weighted by Gasteiger charge is 2.30. The summed E-state index contributed by atoms with van der Waals surface area (Å²) in [5.41, 5.74) is 15.8. The van der Waals surface area contributed by atoms with Crippen LogP contribution in [0.5, 0.6) is 0 Å². The molecule has 0 saturated heterocycles. The Kier molecular flexibility index (Phi) is 7.88. The Balaban J connectivity index is 2.05. The van der Waals surface area contributed by atoms with Gasteiger partial charge in [0, 0.05) is 26.3 Å². The zero-order valence-corrected chi connectivity index (χ0v) is 16.0. The minimum atomic E-state index is -0.214. The molecule has 142 valence electrons. The third kappa shape index (κ3) is 5.12. The monoisotopic (exact) mass is 372 g/mol. The van der Waals surface area contributed by atoms with Gasteiger partial charge in [-0.1, -0.05) is 84.9 Å². The second-order valence-corrected chi connectivity index (χ2v) is 6.53. The van der Waals surface area contributed by atoms with E-state index in [0.29, 0.717) is 26.3 Å². The van der Waals surface area contributed by atoms with Gasteiger partial charge in [0.25, 0.3) is 0 Å². The van der Waals surface area contributed by atoms with Gasteiger partial charge in [0.15, 0.2) is 0 Å². The highest BCUT2D eigenvalue weighted by Crippen LogP contribution is 1.98. The van der Waals surface area contributed by atoms with E-state index in [0.717, 1.165) is 21.9 Å². The Morgan fingerprint density at radius 3 is 1.25 bits per heavy atom. The zero-order valence-electron chi connectivity index (χ0n) is 16.0. The fourth-order valence-electron chi connectivity index (χ4n) is 3.35. The van der Waals surface area contributed by atoms with E-state index in [4.69, 9.17) is 20.8 Å². The minimum absolute atomic E-state index is 0.214. The summed E-state index contributed by atoms with van der Waals surface area (Å²) in [6, 6.07) is 28.7. The average molecular weight is 372 g/mol. The number of benzene rings is 3.